The molecule has 11 nitrogen and oxygen atoms in total. The Hall–Kier alpha value is -1.86. The van der Waals surface area contributed by atoms with Crippen LogP contribution >= 0.6 is 0 Å². The summed E-state index contributed by atoms with van der Waals surface area (Å²) in [5.41, 5.74) is 0. The highest BCUT2D eigenvalue weighted by Gasteiger charge is 2.44. The van der Waals surface area contributed by atoms with Gasteiger partial charge in [-0.3, -0.25) is 9.59 Å². The molecular weight excluding hydrogens is 1160 g/mol. The lowest BCUT2D eigenvalue weighted by atomic mass is 9.99. The minimum absolute atomic E-state index is 0.0118. The number of unbranched alkanes of at least 4 members (excludes halogenated alkanes) is 58. The average Bonchev–Trinajstić information content (AvgIpc) is 0.927. The minimum atomic E-state index is -1.57. The number of aliphatic hydroxyl groups excluding tert-OH is 5. The van der Waals surface area contributed by atoms with Crippen molar-refractivity contribution < 1.29 is 49.3 Å². The number of esters is 1. The van der Waals surface area contributed by atoms with E-state index in [0.717, 1.165) is 57.8 Å². The molecule has 550 valence electrons. The van der Waals surface area contributed by atoms with E-state index >= 15 is 0 Å². The Bertz CT molecular complexity index is 1590. The van der Waals surface area contributed by atoms with Crippen LogP contribution < -0.4 is 5.32 Å². The van der Waals surface area contributed by atoms with Gasteiger partial charge in [0.05, 0.1) is 32.0 Å². The van der Waals surface area contributed by atoms with Gasteiger partial charge in [-0.25, -0.2) is 0 Å². The van der Waals surface area contributed by atoms with Crippen molar-refractivity contribution in [2.75, 3.05) is 19.8 Å². The summed E-state index contributed by atoms with van der Waals surface area (Å²) in [4.78, 5) is 25.2. The van der Waals surface area contributed by atoms with Crippen LogP contribution in [0, 0.1) is 0 Å². The Kier molecular flexibility index (Phi) is 68.5. The summed E-state index contributed by atoms with van der Waals surface area (Å²) >= 11 is 0. The number of aliphatic hydroxyl groups is 5. The van der Waals surface area contributed by atoms with Crippen LogP contribution in [0.4, 0.5) is 0 Å². The van der Waals surface area contributed by atoms with Crippen LogP contribution in [-0.4, -0.2) is 100 Å². The largest absolute Gasteiger partial charge is 0.466 e. The second kappa shape index (κ2) is 71.4. The number of ether oxygens (including phenoxy) is 3. The lowest BCUT2D eigenvalue weighted by molar-refractivity contribution is -0.302. The van der Waals surface area contributed by atoms with Crippen molar-refractivity contribution >= 4 is 11.9 Å². The van der Waals surface area contributed by atoms with Gasteiger partial charge in [-0.1, -0.05) is 378 Å². The zero-order chi connectivity index (χ0) is 67.2. The molecule has 93 heavy (non-hydrogen) atoms. The Morgan fingerprint density at radius 1 is 0.387 bits per heavy atom. The van der Waals surface area contributed by atoms with Gasteiger partial charge >= 0.3 is 5.97 Å². The van der Waals surface area contributed by atoms with Crippen molar-refractivity contribution in [3.05, 3.63) is 24.3 Å². The maximum absolute atomic E-state index is 13.0. The molecule has 0 aromatic heterocycles. The van der Waals surface area contributed by atoms with Crippen LogP contribution in [-0.2, 0) is 23.8 Å². The molecule has 0 bridgehead atoms. The summed E-state index contributed by atoms with van der Waals surface area (Å²) < 4.78 is 16.8. The highest BCUT2D eigenvalue weighted by molar-refractivity contribution is 5.76. The zero-order valence-corrected chi connectivity index (χ0v) is 61.5. The van der Waals surface area contributed by atoms with E-state index in [9.17, 15) is 35.1 Å². The van der Waals surface area contributed by atoms with E-state index in [-0.39, 0.29) is 18.5 Å². The van der Waals surface area contributed by atoms with E-state index in [1.165, 1.54) is 340 Å². The molecule has 7 unspecified atom stereocenters. The molecule has 0 spiro atoms. The molecule has 6 N–H and O–H groups in total. The fourth-order valence-electron chi connectivity index (χ4n) is 13.4. The number of carbonyl (C=O) groups is 2. The van der Waals surface area contributed by atoms with Gasteiger partial charge in [0, 0.05) is 12.8 Å². The summed E-state index contributed by atoms with van der Waals surface area (Å²) in [6, 6.07) is -0.804. The molecule has 1 saturated heterocycles. The number of rotatable bonds is 74. The van der Waals surface area contributed by atoms with Gasteiger partial charge in [0.2, 0.25) is 5.91 Å². The highest BCUT2D eigenvalue weighted by Crippen LogP contribution is 2.24. The van der Waals surface area contributed by atoms with Crippen LogP contribution in [0.25, 0.3) is 0 Å². The zero-order valence-electron chi connectivity index (χ0n) is 61.5. The highest BCUT2D eigenvalue weighted by atomic mass is 16.7. The van der Waals surface area contributed by atoms with Gasteiger partial charge in [0.15, 0.2) is 6.29 Å². The third kappa shape index (κ3) is 59.9. The average molecular weight is 1320 g/mol. The lowest BCUT2D eigenvalue weighted by Crippen LogP contribution is -2.60. The molecular formula is C82H157NO10. The van der Waals surface area contributed by atoms with Crippen LogP contribution in [0.3, 0.4) is 0 Å². The van der Waals surface area contributed by atoms with E-state index in [0.29, 0.717) is 19.4 Å². The second-order valence-electron chi connectivity index (χ2n) is 28.8. The van der Waals surface area contributed by atoms with Gasteiger partial charge in [-0.15, -0.1) is 0 Å². The summed E-state index contributed by atoms with van der Waals surface area (Å²) in [7, 11) is 0. The molecule has 1 rings (SSSR count). The number of amides is 1. The summed E-state index contributed by atoms with van der Waals surface area (Å²) in [6.07, 6.45) is 82.4. The molecule has 0 aromatic carbocycles. The maximum atomic E-state index is 13.0. The number of nitrogens with one attached hydrogen (secondary N) is 1. The summed E-state index contributed by atoms with van der Waals surface area (Å²) in [6.45, 7) is 4.38. The third-order valence-electron chi connectivity index (χ3n) is 19.8. The minimum Gasteiger partial charge on any atom is -0.466 e. The van der Waals surface area contributed by atoms with Crippen molar-refractivity contribution in [1.29, 1.82) is 0 Å². The van der Waals surface area contributed by atoms with Gasteiger partial charge in [-0.2, -0.15) is 0 Å². The summed E-state index contributed by atoms with van der Waals surface area (Å²) in [5, 5.41) is 54.4. The Labute approximate surface area is 575 Å². The number of hydrogen-bond acceptors (Lipinski definition) is 10. The molecule has 1 heterocycles. The van der Waals surface area contributed by atoms with Crippen LogP contribution in [0.1, 0.15) is 425 Å². The molecule has 0 aliphatic carbocycles. The fraction of sp³-hybridized carbons (Fsp3) is 0.927. The quantitative estimate of drug-likeness (QED) is 0.0195. The number of carbonyl (C=O) groups excluding carboxylic acids is 2. The van der Waals surface area contributed by atoms with E-state index in [2.05, 4.69) is 31.3 Å². The second-order valence-corrected chi connectivity index (χ2v) is 28.8. The molecule has 11 heteroatoms. The van der Waals surface area contributed by atoms with Crippen molar-refractivity contribution in [3.8, 4) is 0 Å². The first kappa shape index (κ1) is 89.2. The van der Waals surface area contributed by atoms with Crippen molar-refractivity contribution in [2.24, 2.45) is 0 Å². The van der Waals surface area contributed by atoms with E-state index < -0.39 is 49.5 Å². The molecule has 0 radical (unpaired) electrons. The predicted octanol–water partition coefficient (Wildman–Crippen LogP) is 22.3. The first-order valence-corrected chi connectivity index (χ1v) is 41.1. The van der Waals surface area contributed by atoms with Gasteiger partial charge in [0.25, 0.3) is 0 Å². The first-order chi connectivity index (χ1) is 45.7. The Balaban J connectivity index is 1.83. The molecule has 1 aliphatic heterocycles. The monoisotopic (exact) mass is 1320 g/mol. The van der Waals surface area contributed by atoms with Crippen LogP contribution in [0.15, 0.2) is 24.3 Å². The SMILES string of the molecule is CCCCCCCCC/C=C\CCCCCCCC(=O)OCCCCCCCCCCCCCCCCCCCCCCCCCCCCCCCCCCCCCCCCCC(=O)NC(COC1OC(CO)C(O)C(O)C1O)C(O)/C=C/CCCCCCCCCC. The van der Waals surface area contributed by atoms with Crippen LogP contribution in [0.2, 0.25) is 0 Å². The standard InChI is InChI=1S/C82H157NO10/c1-3-5-7-9-11-13-15-16-17-44-47-50-54-58-62-66-70-78(87)91-71-67-63-59-55-51-48-45-42-40-38-36-34-32-30-28-26-24-22-20-18-19-21-23-25-27-29-31-33-35-37-39-41-43-46-49-53-57-61-65-69-77(86)83-74(73-92-82-81(90)80(89)79(88)76(72-84)93-82)75(85)68-64-60-56-52-14-12-10-8-6-4-2/h17,44,64,68,74-76,79-82,84-85,88-90H,3-16,18-43,45-63,65-67,69-73H2,1-2H3,(H,83,86)/b44-17-,68-64+. The van der Waals surface area contributed by atoms with E-state index in [1.54, 1.807) is 6.08 Å². The van der Waals surface area contributed by atoms with E-state index in [4.69, 9.17) is 14.2 Å². The summed E-state index contributed by atoms with van der Waals surface area (Å²) in [5.74, 6) is -0.163. The maximum Gasteiger partial charge on any atom is 0.305 e. The van der Waals surface area contributed by atoms with Crippen molar-refractivity contribution in [1.82, 2.24) is 5.32 Å². The van der Waals surface area contributed by atoms with Gasteiger partial charge in [-0.05, 0) is 57.8 Å². The topological polar surface area (TPSA) is 175 Å². The molecule has 1 amide bonds. The van der Waals surface area contributed by atoms with Crippen molar-refractivity contribution in [2.45, 2.75) is 468 Å². The molecule has 1 aliphatic rings. The normalized spacial score (nSPS) is 17.5. The molecule has 0 aromatic rings. The third-order valence-corrected chi connectivity index (χ3v) is 19.8. The Morgan fingerprint density at radius 2 is 0.688 bits per heavy atom. The first-order valence-electron chi connectivity index (χ1n) is 41.1. The smallest absolute Gasteiger partial charge is 0.305 e. The van der Waals surface area contributed by atoms with Gasteiger partial charge < -0.3 is 45.1 Å². The lowest BCUT2D eigenvalue weighted by Gasteiger charge is -2.40. The van der Waals surface area contributed by atoms with Crippen LogP contribution in [0.5, 0.6) is 0 Å². The molecule has 7 atom stereocenters. The Morgan fingerprint density at radius 3 is 1.03 bits per heavy atom. The van der Waals surface area contributed by atoms with Gasteiger partial charge in [0.1, 0.15) is 24.4 Å². The molecule has 0 saturated carbocycles. The number of hydrogen-bond donors (Lipinski definition) is 6. The fourth-order valence-corrected chi connectivity index (χ4v) is 13.4. The molecule has 1 fully saturated rings. The number of allylic oxidation sites excluding steroid dienone is 3. The van der Waals surface area contributed by atoms with E-state index in [1.807, 2.05) is 6.08 Å². The van der Waals surface area contributed by atoms with Crippen molar-refractivity contribution in [3.63, 3.8) is 0 Å². The predicted molar refractivity (Wildman–Crippen MR) is 394 cm³/mol.